The standard InChI is InChI=1S/C23H23FN4OS/c1-26-14-19(15-30-21-8-3-2-7-20(21)26)28-10-9-17-13-27(25-22(17)23(28)29)12-16-5-4-6-18(24)11-16/h2-8,11,13,19H,9-10,12,14-15H2,1H3/t19-/m1/s1. The van der Waals surface area contributed by atoms with Crippen LogP contribution in [0.25, 0.3) is 0 Å². The molecule has 1 atom stereocenters. The van der Waals surface area contributed by atoms with Crippen molar-refractivity contribution in [3.63, 3.8) is 0 Å². The number of benzene rings is 2. The number of hydrogen-bond acceptors (Lipinski definition) is 4. The summed E-state index contributed by atoms with van der Waals surface area (Å²) in [7, 11) is 2.09. The van der Waals surface area contributed by atoms with E-state index in [0.717, 1.165) is 29.8 Å². The first-order chi connectivity index (χ1) is 14.6. The smallest absolute Gasteiger partial charge is 0.274 e. The predicted molar refractivity (Wildman–Crippen MR) is 117 cm³/mol. The van der Waals surface area contributed by atoms with Crippen LogP contribution in [0, 0.1) is 5.82 Å². The molecular weight excluding hydrogens is 399 g/mol. The zero-order chi connectivity index (χ0) is 20.7. The highest BCUT2D eigenvalue weighted by Gasteiger charge is 2.34. The molecule has 0 spiro atoms. The van der Waals surface area contributed by atoms with E-state index >= 15 is 0 Å². The quantitative estimate of drug-likeness (QED) is 0.646. The van der Waals surface area contributed by atoms with Crippen molar-refractivity contribution >= 4 is 23.4 Å². The zero-order valence-corrected chi connectivity index (χ0v) is 17.6. The first-order valence-corrected chi connectivity index (χ1v) is 11.1. The molecule has 0 saturated carbocycles. The molecule has 1 amide bonds. The van der Waals surface area contributed by atoms with Gasteiger partial charge in [-0.2, -0.15) is 5.10 Å². The fourth-order valence-corrected chi connectivity index (χ4v) is 5.50. The molecule has 0 radical (unpaired) electrons. The largest absolute Gasteiger partial charge is 0.372 e. The number of carbonyl (C=O) groups is 1. The van der Waals surface area contributed by atoms with Gasteiger partial charge in [-0.1, -0.05) is 24.3 Å². The number of halogens is 1. The van der Waals surface area contributed by atoms with Gasteiger partial charge in [-0.3, -0.25) is 9.48 Å². The molecule has 0 fully saturated rings. The summed E-state index contributed by atoms with van der Waals surface area (Å²) in [6, 6.07) is 15.0. The maximum atomic E-state index is 13.5. The number of hydrogen-bond donors (Lipinski definition) is 0. The minimum atomic E-state index is -0.261. The molecule has 154 valence electrons. The molecule has 0 N–H and O–H groups in total. The molecule has 3 heterocycles. The van der Waals surface area contributed by atoms with E-state index in [2.05, 4.69) is 41.3 Å². The molecule has 0 saturated heterocycles. The highest BCUT2D eigenvalue weighted by molar-refractivity contribution is 7.99. The molecular formula is C23H23FN4OS. The van der Waals surface area contributed by atoms with E-state index in [1.54, 1.807) is 10.7 Å². The van der Waals surface area contributed by atoms with Gasteiger partial charge in [0.25, 0.3) is 5.91 Å². The van der Waals surface area contributed by atoms with Gasteiger partial charge in [0.1, 0.15) is 5.82 Å². The van der Waals surface area contributed by atoms with Crippen LogP contribution in [-0.2, 0) is 13.0 Å². The van der Waals surface area contributed by atoms with Gasteiger partial charge < -0.3 is 9.80 Å². The molecule has 7 heteroatoms. The topological polar surface area (TPSA) is 41.4 Å². The Hall–Kier alpha value is -2.80. The average Bonchev–Trinajstić information content (AvgIpc) is 3.07. The summed E-state index contributed by atoms with van der Waals surface area (Å²) >= 11 is 1.81. The zero-order valence-electron chi connectivity index (χ0n) is 16.8. The molecule has 30 heavy (non-hydrogen) atoms. The van der Waals surface area contributed by atoms with Gasteiger partial charge in [0, 0.05) is 42.5 Å². The molecule has 2 aromatic carbocycles. The number of aromatic nitrogens is 2. The normalized spacial score (nSPS) is 18.7. The number of fused-ring (bicyclic) bond motifs is 2. The van der Waals surface area contributed by atoms with Gasteiger partial charge in [-0.05, 0) is 36.2 Å². The van der Waals surface area contributed by atoms with Crippen molar-refractivity contribution in [1.82, 2.24) is 14.7 Å². The Bertz CT molecular complexity index is 1100. The lowest BCUT2D eigenvalue weighted by Gasteiger charge is -2.35. The molecule has 0 unspecified atom stereocenters. The summed E-state index contributed by atoms with van der Waals surface area (Å²) < 4.78 is 15.2. The number of rotatable bonds is 3. The number of carbonyl (C=O) groups excluding carboxylic acids is 1. The Labute approximate surface area is 179 Å². The van der Waals surface area contributed by atoms with Gasteiger partial charge in [-0.25, -0.2) is 4.39 Å². The highest BCUT2D eigenvalue weighted by Crippen LogP contribution is 2.34. The first kappa shape index (κ1) is 19.2. The van der Waals surface area contributed by atoms with E-state index in [1.165, 1.54) is 22.7 Å². The van der Waals surface area contributed by atoms with Crippen LogP contribution in [0.3, 0.4) is 0 Å². The lowest BCUT2D eigenvalue weighted by molar-refractivity contribution is 0.0677. The molecule has 0 aliphatic carbocycles. The number of likely N-dealkylation sites (N-methyl/N-ethyl adjacent to an activating group) is 1. The van der Waals surface area contributed by atoms with Crippen LogP contribution in [0.15, 0.2) is 59.6 Å². The van der Waals surface area contributed by atoms with E-state index < -0.39 is 0 Å². The van der Waals surface area contributed by atoms with Gasteiger partial charge in [0.2, 0.25) is 0 Å². The monoisotopic (exact) mass is 422 g/mol. The van der Waals surface area contributed by atoms with Gasteiger partial charge in [0.05, 0.1) is 18.3 Å². The molecule has 2 aliphatic heterocycles. The molecule has 2 aliphatic rings. The third-order valence-electron chi connectivity index (χ3n) is 5.79. The second-order valence-electron chi connectivity index (χ2n) is 7.89. The minimum Gasteiger partial charge on any atom is -0.372 e. The Morgan fingerprint density at radius 3 is 2.93 bits per heavy atom. The van der Waals surface area contributed by atoms with E-state index in [1.807, 2.05) is 28.9 Å². The van der Waals surface area contributed by atoms with Crippen molar-refractivity contribution in [2.75, 3.05) is 30.8 Å². The van der Waals surface area contributed by atoms with Crippen LogP contribution in [-0.4, -0.2) is 52.5 Å². The van der Waals surface area contributed by atoms with E-state index in [0.29, 0.717) is 18.8 Å². The Morgan fingerprint density at radius 2 is 2.07 bits per heavy atom. The number of nitrogens with zero attached hydrogens (tertiary/aromatic N) is 4. The summed E-state index contributed by atoms with van der Waals surface area (Å²) in [6.45, 7) is 1.96. The second kappa shape index (κ2) is 7.80. The van der Waals surface area contributed by atoms with Crippen LogP contribution in [0.4, 0.5) is 10.1 Å². The fourth-order valence-electron chi connectivity index (χ4n) is 4.29. The van der Waals surface area contributed by atoms with Crippen molar-refractivity contribution in [3.05, 3.63) is 77.4 Å². The molecule has 3 aromatic rings. The minimum absolute atomic E-state index is 0.000742. The summed E-state index contributed by atoms with van der Waals surface area (Å²) in [5, 5.41) is 4.57. The lowest BCUT2D eigenvalue weighted by Crippen LogP contribution is -2.50. The van der Waals surface area contributed by atoms with E-state index in [-0.39, 0.29) is 17.8 Å². The van der Waals surface area contributed by atoms with Crippen LogP contribution < -0.4 is 4.90 Å². The van der Waals surface area contributed by atoms with Gasteiger partial charge >= 0.3 is 0 Å². The molecule has 5 nitrogen and oxygen atoms in total. The number of amides is 1. The van der Waals surface area contributed by atoms with E-state index in [9.17, 15) is 9.18 Å². The third kappa shape index (κ3) is 3.58. The van der Waals surface area contributed by atoms with Crippen molar-refractivity contribution in [2.24, 2.45) is 0 Å². The SMILES string of the molecule is CN1C[C@@H](N2CCc3cn(Cc4cccc(F)c4)nc3C2=O)CSc2ccccc21. The van der Waals surface area contributed by atoms with Crippen molar-refractivity contribution in [2.45, 2.75) is 23.9 Å². The number of anilines is 1. The third-order valence-corrected chi connectivity index (χ3v) is 7.00. The predicted octanol–water partition coefficient (Wildman–Crippen LogP) is 3.68. The number of thioether (sulfide) groups is 1. The first-order valence-electron chi connectivity index (χ1n) is 10.1. The van der Waals surface area contributed by atoms with Crippen molar-refractivity contribution < 1.29 is 9.18 Å². The van der Waals surface area contributed by atoms with E-state index in [4.69, 9.17) is 0 Å². The molecule has 0 bridgehead atoms. The Morgan fingerprint density at radius 1 is 1.20 bits per heavy atom. The maximum Gasteiger partial charge on any atom is 0.274 e. The molecule has 1 aromatic heterocycles. The highest BCUT2D eigenvalue weighted by atomic mass is 32.2. The van der Waals surface area contributed by atoms with Gasteiger partial charge in [-0.15, -0.1) is 11.8 Å². The summed E-state index contributed by atoms with van der Waals surface area (Å²) in [6.07, 6.45) is 2.72. The van der Waals surface area contributed by atoms with Crippen LogP contribution in [0.1, 0.15) is 21.6 Å². The fraction of sp³-hybridized carbons (Fsp3) is 0.304. The Balaban J connectivity index is 1.35. The summed E-state index contributed by atoms with van der Waals surface area (Å²) in [4.78, 5) is 18.8. The van der Waals surface area contributed by atoms with Crippen LogP contribution >= 0.6 is 11.8 Å². The second-order valence-corrected chi connectivity index (χ2v) is 8.95. The van der Waals surface area contributed by atoms with Gasteiger partial charge in [0.15, 0.2) is 5.69 Å². The van der Waals surface area contributed by atoms with Crippen molar-refractivity contribution in [3.8, 4) is 0 Å². The average molecular weight is 423 g/mol. The summed E-state index contributed by atoms with van der Waals surface area (Å²) in [5.41, 5.74) is 3.56. The number of para-hydroxylation sites is 1. The van der Waals surface area contributed by atoms with Crippen LogP contribution in [0.2, 0.25) is 0 Å². The lowest BCUT2D eigenvalue weighted by atomic mass is 10.1. The maximum absolute atomic E-state index is 13.5. The molecule has 5 rings (SSSR count). The van der Waals surface area contributed by atoms with Crippen molar-refractivity contribution in [1.29, 1.82) is 0 Å². The summed E-state index contributed by atoms with van der Waals surface area (Å²) in [5.74, 6) is 0.605. The van der Waals surface area contributed by atoms with Crippen LogP contribution in [0.5, 0.6) is 0 Å². The Kier molecular flexibility index (Phi) is 4.98.